The van der Waals surface area contributed by atoms with Crippen molar-refractivity contribution in [3.8, 4) is 0 Å². The molecule has 0 fully saturated rings. The summed E-state index contributed by atoms with van der Waals surface area (Å²) < 4.78 is 3.65. The Labute approximate surface area is 116 Å². The molecule has 90 valence electrons. The number of rotatable bonds is 2. The number of aromatic nitrogens is 2. The summed E-state index contributed by atoms with van der Waals surface area (Å²) in [5.41, 5.74) is 0.911. The standard InChI is InChI=1S/C13H9BrN2OS/c14-9-1-2-10(15-7-9)8-16-5-3-12-11(13(16)17)4-6-18-12/h1-7H,8H2. The Hall–Kier alpha value is -1.46. The highest BCUT2D eigenvalue weighted by molar-refractivity contribution is 9.10. The molecule has 3 aromatic heterocycles. The van der Waals surface area contributed by atoms with Gasteiger partial charge in [0, 0.05) is 21.6 Å². The first-order valence-electron chi connectivity index (χ1n) is 5.41. The van der Waals surface area contributed by atoms with Gasteiger partial charge in [0.2, 0.25) is 0 Å². The van der Waals surface area contributed by atoms with E-state index in [0.717, 1.165) is 20.3 Å². The molecule has 0 aliphatic heterocycles. The van der Waals surface area contributed by atoms with E-state index in [1.807, 2.05) is 35.8 Å². The van der Waals surface area contributed by atoms with Crippen molar-refractivity contribution >= 4 is 37.4 Å². The van der Waals surface area contributed by atoms with Crippen LogP contribution >= 0.6 is 27.3 Å². The maximum atomic E-state index is 12.2. The lowest BCUT2D eigenvalue weighted by Gasteiger charge is -2.05. The molecule has 3 rings (SSSR count). The zero-order chi connectivity index (χ0) is 12.5. The van der Waals surface area contributed by atoms with E-state index in [-0.39, 0.29) is 5.56 Å². The summed E-state index contributed by atoms with van der Waals surface area (Å²) >= 11 is 4.93. The van der Waals surface area contributed by atoms with E-state index in [2.05, 4.69) is 20.9 Å². The molecule has 0 N–H and O–H groups in total. The van der Waals surface area contributed by atoms with Crippen LogP contribution in [0.4, 0.5) is 0 Å². The summed E-state index contributed by atoms with van der Waals surface area (Å²) in [4.78, 5) is 16.5. The van der Waals surface area contributed by atoms with Gasteiger partial charge in [0.05, 0.1) is 17.6 Å². The molecule has 3 aromatic rings. The molecule has 0 bridgehead atoms. The average Bonchev–Trinajstić information content (AvgIpc) is 2.84. The first-order valence-corrected chi connectivity index (χ1v) is 7.08. The zero-order valence-corrected chi connectivity index (χ0v) is 11.7. The number of nitrogens with zero attached hydrogens (tertiary/aromatic N) is 2. The van der Waals surface area contributed by atoms with Crippen molar-refractivity contribution in [1.29, 1.82) is 0 Å². The van der Waals surface area contributed by atoms with Gasteiger partial charge in [-0.2, -0.15) is 0 Å². The van der Waals surface area contributed by atoms with E-state index < -0.39 is 0 Å². The fraction of sp³-hybridized carbons (Fsp3) is 0.0769. The lowest BCUT2D eigenvalue weighted by Crippen LogP contribution is -2.19. The van der Waals surface area contributed by atoms with Gasteiger partial charge in [-0.1, -0.05) is 0 Å². The fourth-order valence-corrected chi connectivity index (χ4v) is 2.81. The SMILES string of the molecule is O=c1c2ccsc2ccn1Cc1ccc(Br)cn1. The fourth-order valence-electron chi connectivity index (χ4n) is 1.81. The van der Waals surface area contributed by atoms with Gasteiger partial charge in [-0.05, 0) is 45.6 Å². The summed E-state index contributed by atoms with van der Waals surface area (Å²) in [6.07, 6.45) is 3.56. The highest BCUT2D eigenvalue weighted by atomic mass is 79.9. The normalized spacial score (nSPS) is 10.9. The molecule has 0 amide bonds. The Morgan fingerprint density at radius 1 is 1.28 bits per heavy atom. The quantitative estimate of drug-likeness (QED) is 0.726. The first-order chi connectivity index (χ1) is 8.74. The third-order valence-corrected chi connectivity index (χ3v) is 4.06. The number of hydrogen-bond acceptors (Lipinski definition) is 3. The van der Waals surface area contributed by atoms with Gasteiger partial charge >= 0.3 is 0 Å². The van der Waals surface area contributed by atoms with E-state index in [0.29, 0.717) is 6.54 Å². The predicted octanol–water partition coefficient (Wildman–Crippen LogP) is 3.27. The molecule has 3 heterocycles. The topological polar surface area (TPSA) is 34.9 Å². The molecular weight excluding hydrogens is 312 g/mol. The van der Waals surface area contributed by atoms with E-state index in [9.17, 15) is 4.79 Å². The minimum atomic E-state index is 0.0402. The number of thiophene rings is 1. The van der Waals surface area contributed by atoms with Gasteiger partial charge in [0.1, 0.15) is 0 Å². The van der Waals surface area contributed by atoms with E-state index in [1.165, 1.54) is 0 Å². The summed E-state index contributed by atoms with van der Waals surface area (Å²) in [5, 5.41) is 2.72. The smallest absolute Gasteiger partial charge is 0.259 e. The number of halogens is 1. The van der Waals surface area contributed by atoms with Crippen molar-refractivity contribution in [3.63, 3.8) is 0 Å². The summed E-state index contributed by atoms with van der Waals surface area (Å²) in [7, 11) is 0. The second-order valence-corrected chi connectivity index (χ2v) is 5.78. The predicted molar refractivity (Wildman–Crippen MR) is 77.1 cm³/mol. The van der Waals surface area contributed by atoms with Crippen LogP contribution < -0.4 is 5.56 Å². The molecule has 0 aromatic carbocycles. The van der Waals surface area contributed by atoms with Gasteiger partial charge < -0.3 is 4.57 Å². The number of fused-ring (bicyclic) bond motifs is 1. The zero-order valence-electron chi connectivity index (χ0n) is 9.34. The van der Waals surface area contributed by atoms with E-state index in [1.54, 1.807) is 22.1 Å². The molecular formula is C13H9BrN2OS. The van der Waals surface area contributed by atoms with Crippen molar-refractivity contribution < 1.29 is 0 Å². The van der Waals surface area contributed by atoms with Crippen LogP contribution in [0.15, 0.2) is 51.3 Å². The maximum Gasteiger partial charge on any atom is 0.259 e. The highest BCUT2D eigenvalue weighted by Crippen LogP contribution is 2.16. The molecule has 0 atom stereocenters. The Kier molecular flexibility index (Phi) is 3.01. The molecule has 0 aliphatic carbocycles. The minimum absolute atomic E-state index is 0.0402. The van der Waals surface area contributed by atoms with Crippen LogP contribution in [0.25, 0.3) is 10.1 Å². The van der Waals surface area contributed by atoms with Crippen molar-refractivity contribution in [3.05, 3.63) is 62.6 Å². The van der Waals surface area contributed by atoms with Crippen molar-refractivity contribution in [2.24, 2.45) is 0 Å². The summed E-state index contributed by atoms with van der Waals surface area (Å²) in [6, 6.07) is 7.68. The Bertz CT molecular complexity index is 746. The summed E-state index contributed by atoms with van der Waals surface area (Å²) in [5.74, 6) is 0. The van der Waals surface area contributed by atoms with Crippen LogP contribution in [0, 0.1) is 0 Å². The first kappa shape index (κ1) is 11.6. The highest BCUT2D eigenvalue weighted by Gasteiger charge is 2.04. The second kappa shape index (κ2) is 4.66. The number of pyridine rings is 2. The van der Waals surface area contributed by atoms with E-state index in [4.69, 9.17) is 0 Å². The van der Waals surface area contributed by atoms with Crippen LogP contribution in [0.2, 0.25) is 0 Å². The lowest BCUT2D eigenvalue weighted by molar-refractivity contribution is 0.747. The van der Waals surface area contributed by atoms with Crippen LogP contribution in [-0.4, -0.2) is 9.55 Å². The van der Waals surface area contributed by atoms with Crippen LogP contribution in [-0.2, 0) is 6.54 Å². The maximum absolute atomic E-state index is 12.2. The molecule has 5 heteroatoms. The second-order valence-electron chi connectivity index (χ2n) is 3.92. The van der Waals surface area contributed by atoms with Crippen LogP contribution in [0.3, 0.4) is 0 Å². The largest absolute Gasteiger partial charge is 0.309 e. The Balaban J connectivity index is 2.02. The number of hydrogen-bond donors (Lipinski definition) is 0. The van der Waals surface area contributed by atoms with Gasteiger partial charge in [-0.25, -0.2) is 0 Å². The van der Waals surface area contributed by atoms with Gasteiger partial charge in [0.15, 0.2) is 0 Å². The average molecular weight is 321 g/mol. The monoisotopic (exact) mass is 320 g/mol. The van der Waals surface area contributed by atoms with Gasteiger partial charge in [-0.15, -0.1) is 11.3 Å². The summed E-state index contributed by atoms with van der Waals surface area (Å²) in [6.45, 7) is 0.498. The molecule has 0 aliphatic rings. The molecule has 0 saturated carbocycles. The molecule has 0 radical (unpaired) electrons. The third kappa shape index (κ3) is 2.11. The molecule has 3 nitrogen and oxygen atoms in total. The molecule has 0 saturated heterocycles. The Morgan fingerprint density at radius 2 is 2.17 bits per heavy atom. The van der Waals surface area contributed by atoms with Crippen molar-refractivity contribution in [1.82, 2.24) is 9.55 Å². The minimum Gasteiger partial charge on any atom is -0.309 e. The van der Waals surface area contributed by atoms with Crippen molar-refractivity contribution in [2.45, 2.75) is 6.54 Å². The third-order valence-electron chi connectivity index (χ3n) is 2.71. The van der Waals surface area contributed by atoms with Gasteiger partial charge in [0.25, 0.3) is 5.56 Å². The lowest BCUT2D eigenvalue weighted by atomic mass is 10.3. The Morgan fingerprint density at radius 3 is 2.94 bits per heavy atom. The van der Waals surface area contributed by atoms with Crippen LogP contribution in [0.1, 0.15) is 5.69 Å². The van der Waals surface area contributed by atoms with Gasteiger partial charge in [-0.3, -0.25) is 9.78 Å². The molecule has 18 heavy (non-hydrogen) atoms. The van der Waals surface area contributed by atoms with Crippen LogP contribution in [0.5, 0.6) is 0 Å². The molecule has 0 unspecified atom stereocenters. The molecule has 0 spiro atoms. The van der Waals surface area contributed by atoms with Crippen molar-refractivity contribution in [2.75, 3.05) is 0 Å². The van der Waals surface area contributed by atoms with E-state index >= 15 is 0 Å².